The van der Waals surface area contributed by atoms with Gasteiger partial charge in [-0.1, -0.05) is 6.07 Å². The first kappa shape index (κ1) is 20.7. The van der Waals surface area contributed by atoms with E-state index in [1.807, 2.05) is 26.0 Å². The van der Waals surface area contributed by atoms with Gasteiger partial charge in [0.05, 0.1) is 13.0 Å². The molecule has 0 bridgehead atoms. The monoisotopic (exact) mass is 348 g/mol. The van der Waals surface area contributed by atoms with Crippen molar-refractivity contribution in [2.24, 2.45) is 0 Å². The van der Waals surface area contributed by atoms with Gasteiger partial charge in [-0.05, 0) is 50.5 Å². The number of rotatable bonds is 9. The summed E-state index contributed by atoms with van der Waals surface area (Å²) >= 11 is 0. The van der Waals surface area contributed by atoms with Crippen molar-refractivity contribution in [1.29, 1.82) is 0 Å². The van der Waals surface area contributed by atoms with E-state index in [0.717, 1.165) is 11.1 Å². The molecule has 0 unspecified atom stereocenters. The predicted molar refractivity (Wildman–Crippen MR) is 96.4 cm³/mol. The molecule has 6 heteroatoms. The number of carbonyl (C=O) groups excluding carboxylic acids is 3. The molecule has 0 atom stereocenters. The van der Waals surface area contributed by atoms with E-state index in [0.29, 0.717) is 38.2 Å². The normalized spacial score (nSPS) is 10.2. The van der Waals surface area contributed by atoms with Crippen molar-refractivity contribution >= 4 is 17.8 Å². The predicted octanol–water partition coefficient (Wildman–Crippen LogP) is 2.23. The molecule has 0 aliphatic rings. The van der Waals surface area contributed by atoms with Crippen molar-refractivity contribution in [1.82, 2.24) is 10.2 Å². The third-order valence-electron chi connectivity index (χ3n) is 3.91. The molecule has 1 aromatic carbocycles. The van der Waals surface area contributed by atoms with E-state index in [-0.39, 0.29) is 24.2 Å². The molecule has 138 valence electrons. The number of esters is 1. The highest BCUT2D eigenvalue weighted by Crippen LogP contribution is 2.13. The maximum absolute atomic E-state index is 12.8. The van der Waals surface area contributed by atoms with Crippen LogP contribution in [0.2, 0.25) is 0 Å². The van der Waals surface area contributed by atoms with Crippen LogP contribution < -0.4 is 5.32 Å². The van der Waals surface area contributed by atoms with Gasteiger partial charge in [0, 0.05) is 32.1 Å². The molecular weight excluding hydrogens is 320 g/mol. The van der Waals surface area contributed by atoms with Gasteiger partial charge in [-0.2, -0.15) is 0 Å². The van der Waals surface area contributed by atoms with Crippen LogP contribution >= 0.6 is 0 Å². The van der Waals surface area contributed by atoms with Gasteiger partial charge in [0.1, 0.15) is 0 Å². The Bertz CT molecular complexity index is 613. The van der Waals surface area contributed by atoms with Crippen molar-refractivity contribution < 1.29 is 19.1 Å². The number of nitrogens with one attached hydrogen (secondary N) is 1. The molecule has 0 heterocycles. The molecule has 1 N–H and O–H groups in total. The second-order valence-corrected chi connectivity index (χ2v) is 5.98. The average Bonchev–Trinajstić information content (AvgIpc) is 2.56. The number of ether oxygens (including phenoxy) is 1. The lowest BCUT2D eigenvalue weighted by molar-refractivity contribution is -0.143. The summed E-state index contributed by atoms with van der Waals surface area (Å²) in [5, 5.41) is 2.71. The largest absolute Gasteiger partial charge is 0.466 e. The summed E-state index contributed by atoms with van der Waals surface area (Å²) in [6.45, 7) is 8.75. The molecule has 6 nitrogen and oxygen atoms in total. The molecule has 1 rings (SSSR count). The van der Waals surface area contributed by atoms with E-state index in [4.69, 9.17) is 4.74 Å². The molecular formula is C19H28N2O4. The molecule has 25 heavy (non-hydrogen) atoms. The summed E-state index contributed by atoms with van der Waals surface area (Å²) in [5.74, 6) is -0.531. The van der Waals surface area contributed by atoms with Gasteiger partial charge in [-0.15, -0.1) is 0 Å². The summed E-state index contributed by atoms with van der Waals surface area (Å²) in [6.07, 6.45) is 0.781. The first-order valence-corrected chi connectivity index (χ1v) is 8.61. The Morgan fingerprint density at radius 2 is 1.84 bits per heavy atom. The highest BCUT2D eigenvalue weighted by molar-refractivity contribution is 5.94. The minimum Gasteiger partial charge on any atom is -0.466 e. The summed E-state index contributed by atoms with van der Waals surface area (Å²) in [4.78, 5) is 37.0. The van der Waals surface area contributed by atoms with E-state index < -0.39 is 0 Å². The highest BCUT2D eigenvalue weighted by atomic mass is 16.5. The number of carbonyl (C=O) groups is 3. The van der Waals surface area contributed by atoms with Crippen LogP contribution in [0.25, 0.3) is 0 Å². The second kappa shape index (κ2) is 10.5. The zero-order valence-corrected chi connectivity index (χ0v) is 15.6. The van der Waals surface area contributed by atoms with Crippen LogP contribution in [0.5, 0.6) is 0 Å². The number of amides is 2. The fourth-order valence-corrected chi connectivity index (χ4v) is 2.37. The Kier molecular flexibility index (Phi) is 8.67. The van der Waals surface area contributed by atoms with Crippen LogP contribution in [0.3, 0.4) is 0 Å². The Balaban J connectivity index is 2.76. The first-order valence-electron chi connectivity index (χ1n) is 8.61. The Hall–Kier alpha value is -2.37. The number of benzene rings is 1. The standard InChI is InChI=1S/C19H28N2O4/c1-5-25-18(23)9-12-21(11-6-10-20-16(4)22)19(24)17-8-7-14(2)15(3)13-17/h7-8,13H,5-6,9-12H2,1-4H3,(H,20,22). The lowest BCUT2D eigenvalue weighted by Crippen LogP contribution is -2.36. The van der Waals surface area contributed by atoms with E-state index >= 15 is 0 Å². The molecule has 0 aliphatic heterocycles. The number of hydrogen-bond acceptors (Lipinski definition) is 4. The molecule has 0 saturated heterocycles. The average molecular weight is 348 g/mol. The zero-order chi connectivity index (χ0) is 18.8. The van der Waals surface area contributed by atoms with Crippen LogP contribution in [-0.2, 0) is 14.3 Å². The van der Waals surface area contributed by atoms with Crippen molar-refractivity contribution in [3.05, 3.63) is 34.9 Å². The van der Waals surface area contributed by atoms with Crippen LogP contribution in [0, 0.1) is 13.8 Å². The SMILES string of the molecule is CCOC(=O)CCN(CCCNC(C)=O)C(=O)c1ccc(C)c(C)c1. The van der Waals surface area contributed by atoms with Crippen LogP contribution in [0.15, 0.2) is 18.2 Å². The summed E-state index contributed by atoms with van der Waals surface area (Å²) < 4.78 is 4.94. The Morgan fingerprint density at radius 1 is 1.12 bits per heavy atom. The second-order valence-electron chi connectivity index (χ2n) is 5.98. The van der Waals surface area contributed by atoms with Gasteiger partial charge in [-0.25, -0.2) is 0 Å². The molecule has 0 radical (unpaired) electrons. The Labute approximate surface area is 149 Å². The topological polar surface area (TPSA) is 75.7 Å². The van der Waals surface area contributed by atoms with Gasteiger partial charge in [0.15, 0.2) is 0 Å². The Morgan fingerprint density at radius 3 is 2.44 bits per heavy atom. The lowest BCUT2D eigenvalue weighted by atomic mass is 10.1. The minimum atomic E-state index is -0.317. The molecule has 1 aromatic rings. The lowest BCUT2D eigenvalue weighted by Gasteiger charge is -2.23. The van der Waals surface area contributed by atoms with E-state index in [1.165, 1.54) is 6.92 Å². The summed E-state index contributed by atoms with van der Waals surface area (Å²) in [7, 11) is 0. The van der Waals surface area contributed by atoms with Gasteiger partial charge < -0.3 is 15.0 Å². The van der Waals surface area contributed by atoms with Crippen LogP contribution in [-0.4, -0.2) is 48.9 Å². The van der Waals surface area contributed by atoms with E-state index in [9.17, 15) is 14.4 Å². The fraction of sp³-hybridized carbons (Fsp3) is 0.526. The van der Waals surface area contributed by atoms with Crippen LogP contribution in [0.1, 0.15) is 48.2 Å². The van der Waals surface area contributed by atoms with Gasteiger partial charge in [0.25, 0.3) is 5.91 Å². The minimum absolute atomic E-state index is 0.0986. The maximum Gasteiger partial charge on any atom is 0.307 e. The van der Waals surface area contributed by atoms with Crippen molar-refractivity contribution in [2.45, 2.75) is 40.5 Å². The molecule has 0 saturated carbocycles. The summed E-state index contributed by atoms with van der Waals surface area (Å²) in [5.41, 5.74) is 2.78. The van der Waals surface area contributed by atoms with Gasteiger partial charge >= 0.3 is 5.97 Å². The van der Waals surface area contributed by atoms with Crippen molar-refractivity contribution in [3.8, 4) is 0 Å². The quantitative estimate of drug-likeness (QED) is 0.548. The molecule has 2 amide bonds. The third-order valence-corrected chi connectivity index (χ3v) is 3.91. The summed E-state index contributed by atoms with van der Waals surface area (Å²) in [6, 6.07) is 5.59. The van der Waals surface area contributed by atoms with Crippen molar-refractivity contribution in [2.75, 3.05) is 26.2 Å². The van der Waals surface area contributed by atoms with Crippen LogP contribution in [0.4, 0.5) is 0 Å². The van der Waals surface area contributed by atoms with Gasteiger partial charge in [-0.3, -0.25) is 14.4 Å². The maximum atomic E-state index is 12.8. The molecule has 0 spiro atoms. The van der Waals surface area contributed by atoms with Gasteiger partial charge in [0.2, 0.25) is 5.91 Å². The molecule has 0 aliphatic carbocycles. The third kappa shape index (κ3) is 7.37. The molecule has 0 fully saturated rings. The zero-order valence-electron chi connectivity index (χ0n) is 15.6. The number of hydrogen-bond donors (Lipinski definition) is 1. The highest BCUT2D eigenvalue weighted by Gasteiger charge is 2.17. The first-order chi connectivity index (χ1) is 11.8. The number of nitrogens with zero attached hydrogens (tertiary/aromatic N) is 1. The smallest absolute Gasteiger partial charge is 0.307 e. The van der Waals surface area contributed by atoms with Crippen molar-refractivity contribution in [3.63, 3.8) is 0 Å². The molecule has 0 aromatic heterocycles. The van der Waals surface area contributed by atoms with E-state index in [2.05, 4.69) is 5.32 Å². The number of aryl methyl sites for hydroxylation is 2. The fourth-order valence-electron chi connectivity index (χ4n) is 2.37. The van der Waals surface area contributed by atoms with E-state index in [1.54, 1.807) is 17.9 Å².